The van der Waals surface area contributed by atoms with E-state index in [4.69, 9.17) is 11.6 Å². The Kier molecular flexibility index (Phi) is 5.44. The van der Waals surface area contributed by atoms with Crippen molar-refractivity contribution in [3.05, 3.63) is 58.9 Å². The molecule has 8 heteroatoms. The summed E-state index contributed by atoms with van der Waals surface area (Å²) in [7, 11) is 0. The molecular weight excluding hydrogens is 331 g/mol. The number of carbonyl (C=O) groups is 1. The standard InChI is InChI=1S/C15H13ClF3N3O/c16-13-4-3-11(8-12(13)15(17,18)19)22-14(23)21-7-5-10-2-1-6-20-9-10/h1-4,6,8-9H,5,7H2,(H2,21,22,23). The van der Waals surface area contributed by atoms with Gasteiger partial charge >= 0.3 is 12.2 Å². The minimum absolute atomic E-state index is 0.0144. The van der Waals surface area contributed by atoms with Crippen molar-refractivity contribution in [2.45, 2.75) is 12.6 Å². The van der Waals surface area contributed by atoms with Crippen LogP contribution in [0.3, 0.4) is 0 Å². The van der Waals surface area contributed by atoms with Crippen molar-refractivity contribution in [2.24, 2.45) is 0 Å². The first-order chi connectivity index (χ1) is 10.9. The van der Waals surface area contributed by atoms with Gasteiger partial charge in [0.05, 0.1) is 10.6 Å². The van der Waals surface area contributed by atoms with Gasteiger partial charge in [0, 0.05) is 24.6 Å². The Morgan fingerprint density at radius 3 is 2.70 bits per heavy atom. The Morgan fingerprint density at radius 2 is 2.04 bits per heavy atom. The Hall–Kier alpha value is -2.28. The molecule has 2 amide bonds. The van der Waals surface area contributed by atoms with Crippen molar-refractivity contribution in [1.29, 1.82) is 0 Å². The summed E-state index contributed by atoms with van der Waals surface area (Å²) in [5.41, 5.74) is -0.0356. The van der Waals surface area contributed by atoms with Crippen LogP contribution in [0.4, 0.5) is 23.7 Å². The van der Waals surface area contributed by atoms with Gasteiger partial charge in [-0.1, -0.05) is 17.7 Å². The highest BCUT2D eigenvalue weighted by atomic mass is 35.5. The van der Waals surface area contributed by atoms with Crippen molar-refractivity contribution >= 4 is 23.3 Å². The molecule has 2 aromatic rings. The third-order valence-electron chi connectivity index (χ3n) is 2.95. The molecule has 0 unspecified atom stereocenters. The van der Waals surface area contributed by atoms with Gasteiger partial charge in [0.1, 0.15) is 0 Å². The van der Waals surface area contributed by atoms with Crippen molar-refractivity contribution < 1.29 is 18.0 Å². The largest absolute Gasteiger partial charge is 0.417 e. The summed E-state index contributed by atoms with van der Waals surface area (Å²) in [5, 5.41) is 4.49. The van der Waals surface area contributed by atoms with E-state index in [1.807, 2.05) is 6.07 Å². The number of benzene rings is 1. The van der Waals surface area contributed by atoms with Crippen molar-refractivity contribution in [2.75, 3.05) is 11.9 Å². The quantitative estimate of drug-likeness (QED) is 0.877. The summed E-state index contributed by atoms with van der Waals surface area (Å²) in [6.45, 7) is 0.331. The molecule has 1 heterocycles. The normalized spacial score (nSPS) is 11.1. The van der Waals surface area contributed by atoms with Crippen molar-refractivity contribution in [3.63, 3.8) is 0 Å². The minimum atomic E-state index is -4.58. The fraction of sp³-hybridized carbons (Fsp3) is 0.200. The van der Waals surface area contributed by atoms with E-state index in [9.17, 15) is 18.0 Å². The summed E-state index contributed by atoms with van der Waals surface area (Å²) < 4.78 is 38.2. The van der Waals surface area contributed by atoms with Gasteiger partial charge in [0.25, 0.3) is 0 Å². The predicted octanol–water partition coefficient (Wildman–Crippen LogP) is 4.12. The number of hydrogen-bond donors (Lipinski definition) is 2. The van der Waals surface area contributed by atoms with Gasteiger partial charge in [0.2, 0.25) is 0 Å². The van der Waals surface area contributed by atoms with Crippen molar-refractivity contribution in [3.8, 4) is 0 Å². The number of nitrogens with one attached hydrogen (secondary N) is 2. The lowest BCUT2D eigenvalue weighted by Gasteiger charge is -2.12. The van der Waals surface area contributed by atoms with Crippen LogP contribution in [-0.4, -0.2) is 17.6 Å². The first-order valence-electron chi connectivity index (χ1n) is 6.67. The van der Waals surface area contributed by atoms with Gasteiger partial charge in [-0.2, -0.15) is 13.2 Å². The van der Waals surface area contributed by atoms with Crippen LogP contribution in [0.1, 0.15) is 11.1 Å². The van der Waals surface area contributed by atoms with Gasteiger partial charge in [-0.3, -0.25) is 4.98 Å². The van der Waals surface area contributed by atoms with Crippen LogP contribution in [0.15, 0.2) is 42.7 Å². The minimum Gasteiger partial charge on any atom is -0.338 e. The number of urea groups is 1. The van der Waals surface area contributed by atoms with Crippen LogP contribution in [0, 0.1) is 0 Å². The zero-order valence-corrected chi connectivity index (χ0v) is 12.6. The molecule has 0 saturated carbocycles. The third kappa shape index (κ3) is 5.14. The molecule has 0 atom stereocenters. The molecule has 1 aromatic carbocycles. The van der Waals surface area contributed by atoms with E-state index in [0.717, 1.165) is 17.7 Å². The molecule has 0 radical (unpaired) electrons. The second-order valence-electron chi connectivity index (χ2n) is 4.68. The third-order valence-corrected chi connectivity index (χ3v) is 3.28. The summed E-state index contributed by atoms with van der Waals surface area (Å²) in [5.74, 6) is 0. The summed E-state index contributed by atoms with van der Waals surface area (Å²) in [4.78, 5) is 15.6. The lowest BCUT2D eigenvalue weighted by atomic mass is 10.2. The van der Waals surface area contributed by atoms with E-state index in [0.29, 0.717) is 13.0 Å². The van der Waals surface area contributed by atoms with Crippen LogP contribution < -0.4 is 10.6 Å². The number of hydrogen-bond acceptors (Lipinski definition) is 2. The van der Waals surface area contributed by atoms with E-state index < -0.39 is 22.8 Å². The SMILES string of the molecule is O=C(NCCc1cccnc1)Nc1ccc(Cl)c(C(F)(F)F)c1. The highest BCUT2D eigenvalue weighted by Crippen LogP contribution is 2.36. The number of carbonyl (C=O) groups excluding carboxylic acids is 1. The van der Waals surface area contributed by atoms with E-state index in [1.165, 1.54) is 6.07 Å². The molecule has 122 valence electrons. The van der Waals surface area contributed by atoms with E-state index in [-0.39, 0.29) is 5.69 Å². The summed E-state index contributed by atoms with van der Waals surface area (Å²) >= 11 is 5.51. The van der Waals surface area contributed by atoms with Gasteiger partial charge in [-0.25, -0.2) is 4.79 Å². The number of anilines is 1. The second kappa shape index (κ2) is 7.32. The molecule has 0 aliphatic rings. The first-order valence-corrected chi connectivity index (χ1v) is 7.04. The molecule has 4 nitrogen and oxygen atoms in total. The topological polar surface area (TPSA) is 54.0 Å². The first kappa shape index (κ1) is 17.1. The number of pyridine rings is 1. The fourth-order valence-corrected chi connectivity index (χ4v) is 2.09. The zero-order chi connectivity index (χ0) is 16.9. The molecular formula is C15H13ClF3N3O. The van der Waals surface area contributed by atoms with E-state index >= 15 is 0 Å². The molecule has 1 aromatic heterocycles. The van der Waals surface area contributed by atoms with Gasteiger partial charge < -0.3 is 10.6 Å². The zero-order valence-electron chi connectivity index (χ0n) is 11.8. The maximum atomic E-state index is 12.7. The number of amides is 2. The summed E-state index contributed by atoms with van der Waals surface area (Å²) in [6.07, 6.45) is -0.696. The molecule has 2 rings (SSSR count). The molecule has 0 aliphatic carbocycles. The van der Waals surface area contributed by atoms with E-state index in [1.54, 1.807) is 18.5 Å². The Bertz CT molecular complexity index is 677. The number of nitrogens with zero attached hydrogens (tertiary/aromatic N) is 1. The lowest BCUT2D eigenvalue weighted by Crippen LogP contribution is -2.30. The van der Waals surface area contributed by atoms with Gasteiger partial charge in [-0.15, -0.1) is 0 Å². The predicted molar refractivity (Wildman–Crippen MR) is 81.4 cm³/mol. The molecule has 0 aliphatic heterocycles. The van der Waals surface area contributed by atoms with Gasteiger partial charge in [-0.05, 0) is 36.2 Å². The lowest BCUT2D eigenvalue weighted by molar-refractivity contribution is -0.137. The smallest absolute Gasteiger partial charge is 0.338 e. The maximum absolute atomic E-state index is 12.7. The molecule has 0 fully saturated rings. The Labute approximate surface area is 135 Å². The highest BCUT2D eigenvalue weighted by molar-refractivity contribution is 6.31. The molecule has 0 spiro atoms. The average Bonchev–Trinajstić information content (AvgIpc) is 2.49. The number of rotatable bonds is 4. The number of alkyl halides is 3. The van der Waals surface area contributed by atoms with Crippen LogP contribution in [-0.2, 0) is 12.6 Å². The molecule has 23 heavy (non-hydrogen) atoms. The monoisotopic (exact) mass is 343 g/mol. The second-order valence-corrected chi connectivity index (χ2v) is 5.09. The summed E-state index contributed by atoms with van der Waals surface area (Å²) in [6, 6.07) is 6.24. The Balaban J connectivity index is 1.90. The highest BCUT2D eigenvalue weighted by Gasteiger charge is 2.33. The number of halogens is 4. The molecule has 0 bridgehead atoms. The van der Waals surface area contributed by atoms with Gasteiger partial charge in [0.15, 0.2) is 0 Å². The van der Waals surface area contributed by atoms with Crippen molar-refractivity contribution in [1.82, 2.24) is 10.3 Å². The van der Waals surface area contributed by atoms with Crippen LogP contribution in [0.2, 0.25) is 5.02 Å². The van der Waals surface area contributed by atoms with E-state index in [2.05, 4.69) is 15.6 Å². The average molecular weight is 344 g/mol. The Morgan fingerprint density at radius 1 is 1.26 bits per heavy atom. The number of aromatic nitrogens is 1. The maximum Gasteiger partial charge on any atom is 0.417 e. The fourth-order valence-electron chi connectivity index (χ4n) is 1.86. The molecule has 2 N–H and O–H groups in total. The van der Waals surface area contributed by atoms with Crippen LogP contribution >= 0.6 is 11.6 Å². The van der Waals surface area contributed by atoms with Crippen LogP contribution in [0.5, 0.6) is 0 Å². The van der Waals surface area contributed by atoms with Crippen LogP contribution in [0.25, 0.3) is 0 Å². The molecule has 0 saturated heterocycles.